The number of hydrogen-bond donors (Lipinski definition) is 2. The molecule has 5 nitrogen and oxygen atoms in total. The Morgan fingerprint density at radius 1 is 1.33 bits per heavy atom. The molecule has 1 aromatic heterocycles. The van der Waals surface area contributed by atoms with Crippen LogP contribution in [0.3, 0.4) is 0 Å². The van der Waals surface area contributed by atoms with Crippen molar-refractivity contribution in [3.63, 3.8) is 0 Å². The minimum Gasteiger partial charge on any atom is -0.433 e. The Balaban J connectivity index is 0.00000208. The Morgan fingerprint density at radius 2 is 2.08 bits per heavy atom. The number of anilines is 1. The summed E-state index contributed by atoms with van der Waals surface area (Å²) in [5.74, 6) is -1.63. The topological polar surface area (TPSA) is 81.2 Å². The van der Waals surface area contributed by atoms with E-state index in [4.69, 9.17) is 5.73 Å². The Labute approximate surface area is 142 Å². The van der Waals surface area contributed by atoms with E-state index in [1.165, 1.54) is 18.2 Å². The van der Waals surface area contributed by atoms with Crippen molar-refractivity contribution in [2.24, 2.45) is 11.7 Å². The normalized spacial score (nSPS) is 21.3. The lowest BCUT2D eigenvalue weighted by Gasteiger charge is -2.25. The first-order chi connectivity index (χ1) is 10.8. The number of fused-ring (bicyclic) bond motifs is 1. The number of alkyl halides is 3. The van der Waals surface area contributed by atoms with Crippen LogP contribution in [-0.2, 0) is 11.0 Å². The van der Waals surface area contributed by atoms with Crippen molar-refractivity contribution in [1.82, 2.24) is 4.98 Å². The number of nitrogens with zero attached hydrogens (tertiary/aromatic N) is 1. The maximum absolute atomic E-state index is 12.6. The molecule has 24 heavy (non-hydrogen) atoms. The molecule has 2 atom stereocenters. The van der Waals surface area contributed by atoms with Gasteiger partial charge >= 0.3 is 12.1 Å². The zero-order valence-electron chi connectivity index (χ0n) is 12.6. The Morgan fingerprint density at radius 3 is 2.75 bits per heavy atom. The molecule has 1 heterocycles. The SMILES string of the molecule is Cl.NC1CCCC(C(=O)Nc2ccc3oc(C(F)(F)F)nc3c2)C1. The third-order valence-corrected chi connectivity index (χ3v) is 3.98. The molecule has 3 N–H and O–H groups in total. The number of nitrogens with one attached hydrogen (secondary N) is 1. The van der Waals surface area contributed by atoms with Crippen LogP contribution in [0.5, 0.6) is 0 Å². The molecule has 1 aliphatic carbocycles. The standard InChI is InChI=1S/C15H16F3N3O2.ClH/c16-15(17,18)14-21-11-7-10(4-5-12(11)23-14)20-13(22)8-2-1-3-9(19)6-8;/h4-5,7-9H,1-3,6,19H2,(H,20,22);1H. The van der Waals surface area contributed by atoms with Gasteiger partial charge in [-0.25, -0.2) is 4.98 Å². The van der Waals surface area contributed by atoms with E-state index in [2.05, 4.69) is 14.7 Å². The molecule has 132 valence electrons. The highest BCUT2D eigenvalue weighted by Crippen LogP contribution is 2.32. The van der Waals surface area contributed by atoms with E-state index in [-0.39, 0.29) is 41.4 Å². The molecule has 1 aromatic carbocycles. The lowest BCUT2D eigenvalue weighted by molar-refractivity contribution is -0.156. The van der Waals surface area contributed by atoms with Gasteiger partial charge in [-0.05, 0) is 37.5 Å². The van der Waals surface area contributed by atoms with E-state index in [0.29, 0.717) is 12.1 Å². The number of oxazole rings is 1. The van der Waals surface area contributed by atoms with Crippen LogP contribution in [0.4, 0.5) is 18.9 Å². The number of nitrogens with two attached hydrogens (primary N) is 1. The maximum Gasteiger partial charge on any atom is 0.468 e. The summed E-state index contributed by atoms with van der Waals surface area (Å²) in [5, 5.41) is 2.71. The minimum absolute atomic E-state index is 0. The summed E-state index contributed by atoms with van der Waals surface area (Å²) in [7, 11) is 0. The van der Waals surface area contributed by atoms with Crippen molar-refractivity contribution in [3.05, 3.63) is 24.1 Å². The van der Waals surface area contributed by atoms with Crippen molar-refractivity contribution in [2.75, 3.05) is 5.32 Å². The number of aromatic nitrogens is 1. The molecule has 1 saturated carbocycles. The summed E-state index contributed by atoms with van der Waals surface area (Å²) in [5.41, 5.74) is 6.33. The molecule has 0 saturated heterocycles. The smallest absolute Gasteiger partial charge is 0.433 e. The molecule has 0 spiro atoms. The average molecular weight is 364 g/mol. The lowest BCUT2D eigenvalue weighted by Crippen LogP contribution is -2.34. The molecular weight excluding hydrogens is 347 g/mol. The average Bonchev–Trinajstić information content (AvgIpc) is 2.90. The lowest BCUT2D eigenvalue weighted by atomic mass is 9.85. The molecule has 0 bridgehead atoms. The molecule has 0 aliphatic heterocycles. The van der Waals surface area contributed by atoms with Gasteiger partial charge in [0.05, 0.1) is 0 Å². The number of hydrogen-bond acceptors (Lipinski definition) is 4. The molecule has 1 amide bonds. The van der Waals surface area contributed by atoms with Crippen LogP contribution in [0.15, 0.2) is 22.6 Å². The highest BCUT2D eigenvalue weighted by molar-refractivity contribution is 5.94. The molecule has 1 fully saturated rings. The molecule has 2 unspecified atom stereocenters. The molecule has 0 radical (unpaired) electrons. The van der Waals surface area contributed by atoms with E-state index in [9.17, 15) is 18.0 Å². The number of halogens is 4. The second kappa shape index (κ2) is 6.98. The number of carbonyl (C=O) groups excluding carboxylic acids is 1. The summed E-state index contributed by atoms with van der Waals surface area (Å²) >= 11 is 0. The monoisotopic (exact) mass is 363 g/mol. The molecular formula is C15H17ClF3N3O2. The number of carbonyl (C=O) groups is 1. The number of benzene rings is 1. The van der Waals surface area contributed by atoms with Gasteiger partial charge in [0.25, 0.3) is 0 Å². The largest absolute Gasteiger partial charge is 0.468 e. The second-order valence-corrected chi connectivity index (χ2v) is 5.81. The highest BCUT2D eigenvalue weighted by atomic mass is 35.5. The quantitative estimate of drug-likeness (QED) is 0.852. The number of rotatable bonds is 2. The van der Waals surface area contributed by atoms with Crippen LogP contribution < -0.4 is 11.1 Å². The van der Waals surface area contributed by atoms with Crippen LogP contribution >= 0.6 is 12.4 Å². The van der Waals surface area contributed by atoms with E-state index in [0.717, 1.165) is 19.3 Å². The van der Waals surface area contributed by atoms with Crippen LogP contribution in [0.2, 0.25) is 0 Å². The Kier molecular flexibility index (Phi) is 5.39. The highest BCUT2D eigenvalue weighted by Gasteiger charge is 2.37. The van der Waals surface area contributed by atoms with Gasteiger partial charge in [0, 0.05) is 17.6 Å². The van der Waals surface area contributed by atoms with Gasteiger partial charge in [-0.3, -0.25) is 4.79 Å². The molecule has 1 aliphatic rings. The van der Waals surface area contributed by atoms with E-state index in [1.807, 2.05) is 0 Å². The van der Waals surface area contributed by atoms with E-state index in [1.54, 1.807) is 0 Å². The first-order valence-corrected chi connectivity index (χ1v) is 7.37. The maximum atomic E-state index is 12.6. The predicted molar refractivity (Wildman–Crippen MR) is 84.8 cm³/mol. The van der Waals surface area contributed by atoms with Crippen molar-refractivity contribution < 1.29 is 22.4 Å². The summed E-state index contributed by atoms with van der Waals surface area (Å²) in [4.78, 5) is 15.6. The predicted octanol–water partition coefficient (Wildman–Crippen LogP) is 3.72. The van der Waals surface area contributed by atoms with Crippen molar-refractivity contribution in [2.45, 2.75) is 37.9 Å². The molecule has 9 heteroatoms. The Hall–Kier alpha value is -1.80. The van der Waals surface area contributed by atoms with Crippen molar-refractivity contribution >= 4 is 35.1 Å². The fraction of sp³-hybridized carbons (Fsp3) is 0.467. The third-order valence-electron chi connectivity index (χ3n) is 3.98. The molecule has 2 aromatic rings. The summed E-state index contributed by atoms with van der Waals surface area (Å²) < 4.78 is 42.4. The van der Waals surface area contributed by atoms with Crippen LogP contribution in [0, 0.1) is 5.92 Å². The summed E-state index contributed by atoms with van der Waals surface area (Å²) in [6.07, 6.45) is -1.44. The fourth-order valence-electron chi connectivity index (χ4n) is 2.84. The number of amides is 1. The second-order valence-electron chi connectivity index (χ2n) is 5.81. The van der Waals surface area contributed by atoms with Crippen LogP contribution in [0.25, 0.3) is 11.1 Å². The molecule has 3 rings (SSSR count). The van der Waals surface area contributed by atoms with Crippen molar-refractivity contribution in [1.29, 1.82) is 0 Å². The first kappa shape index (κ1) is 18.5. The summed E-state index contributed by atoms with van der Waals surface area (Å²) in [6, 6.07) is 4.25. The third kappa shape index (κ3) is 3.99. The van der Waals surface area contributed by atoms with Crippen LogP contribution in [0.1, 0.15) is 31.6 Å². The van der Waals surface area contributed by atoms with Gasteiger partial charge in [-0.1, -0.05) is 6.42 Å². The van der Waals surface area contributed by atoms with Gasteiger partial charge < -0.3 is 15.5 Å². The van der Waals surface area contributed by atoms with Gasteiger partial charge in [-0.15, -0.1) is 12.4 Å². The van der Waals surface area contributed by atoms with Crippen LogP contribution in [-0.4, -0.2) is 16.9 Å². The van der Waals surface area contributed by atoms with Gasteiger partial charge in [-0.2, -0.15) is 13.2 Å². The fourth-order valence-corrected chi connectivity index (χ4v) is 2.84. The minimum atomic E-state index is -4.64. The van der Waals surface area contributed by atoms with Gasteiger partial charge in [0.1, 0.15) is 5.52 Å². The van der Waals surface area contributed by atoms with Crippen molar-refractivity contribution in [3.8, 4) is 0 Å². The van der Waals surface area contributed by atoms with E-state index >= 15 is 0 Å². The Bertz CT molecular complexity index is 732. The van der Waals surface area contributed by atoms with E-state index < -0.39 is 12.1 Å². The van der Waals surface area contributed by atoms with Gasteiger partial charge in [0.15, 0.2) is 5.58 Å². The zero-order valence-corrected chi connectivity index (χ0v) is 13.4. The van der Waals surface area contributed by atoms with Gasteiger partial charge in [0.2, 0.25) is 5.91 Å². The first-order valence-electron chi connectivity index (χ1n) is 7.37. The zero-order chi connectivity index (χ0) is 16.6. The summed E-state index contributed by atoms with van der Waals surface area (Å²) in [6.45, 7) is 0.